The molecule has 1 aliphatic heterocycles. The van der Waals surface area contributed by atoms with Crippen molar-refractivity contribution in [3.63, 3.8) is 0 Å². The standard InChI is InChI=1S/C14H23NO4/c1-10-9-15(8-4-5-12(16)11(10)2)13(17)6-7-14(18)19-3/h4-5,10-12,16H,6-9H2,1-3H3/b5-4-/t10-,11+,12+/m0/s1. The highest BCUT2D eigenvalue weighted by Gasteiger charge is 2.25. The number of nitrogens with zero attached hydrogens (tertiary/aromatic N) is 1. The number of methoxy groups -OCH3 is 1. The van der Waals surface area contributed by atoms with Crippen LogP contribution in [0.15, 0.2) is 12.2 Å². The van der Waals surface area contributed by atoms with E-state index in [1.807, 2.05) is 19.9 Å². The van der Waals surface area contributed by atoms with Gasteiger partial charge in [0, 0.05) is 19.5 Å². The lowest BCUT2D eigenvalue weighted by Gasteiger charge is -2.31. The van der Waals surface area contributed by atoms with Gasteiger partial charge in [0.15, 0.2) is 0 Å². The van der Waals surface area contributed by atoms with E-state index < -0.39 is 6.10 Å². The highest BCUT2D eigenvalue weighted by molar-refractivity contribution is 5.81. The van der Waals surface area contributed by atoms with Gasteiger partial charge in [-0.25, -0.2) is 0 Å². The van der Waals surface area contributed by atoms with Crippen LogP contribution in [0.4, 0.5) is 0 Å². The summed E-state index contributed by atoms with van der Waals surface area (Å²) in [6.07, 6.45) is 3.37. The molecule has 1 N–H and O–H groups in total. The van der Waals surface area contributed by atoms with E-state index in [1.165, 1.54) is 7.11 Å². The van der Waals surface area contributed by atoms with Crippen LogP contribution >= 0.6 is 0 Å². The number of carbonyl (C=O) groups is 2. The molecule has 1 rings (SSSR count). The average Bonchev–Trinajstić information content (AvgIpc) is 2.40. The lowest BCUT2D eigenvalue weighted by Crippen LogP contribution is -2.40. The molecule has 0 fully saturated rings. The maximum absolute atomic E-state index is 12.0. The fourth-order valence-corrected chi connectivity index (χ4v) is 2.10. The van der Waals surface area contributed by atoms with Crippen molar-refractivity contribution in [1.29, 1.82) is 0 Å². The monoisotopic (exact) mass is 269 g/mol. The molecule has 0 bridgehead atoms. The molecule has 0 unspecified atom stereocenters. The fraction of sp³-hybridized carbons (Fsp3) is 0.714. The summed E-state index contributed by atoms with van der Waals surface area (Å²) >= 11 is 0. The van der Waals surface area contributed by atoms with Crippen LogP contribution in [0.25, 0.3) is 0 Å². The van der Waals surface area contributed by atoms with Gasteiger partial charge in [0.2, 0.25) is 5.91 Å². The predicted molar refractivity (Wildman–Crippen MR) is 71.3 cm³/mol. The normalized spacial score (nSPS) is 29.3. The molecule has 1 aliphatic rings. The summed E-state index contributed by atoms with van der Waals surface area (Å²) in [4.78, 5) is 24.8. The van der Waals surface area contributed by atoms with Crippen molar-refractivity contribution in [3.8, 4) is 0 Å². The third kappa shape index (κ3) is 4.67. The summed E-state index contributed by atoms with van der Waals surface area (Å²) in [5.41, 5.74) is 0. The molecule has 5 nitrogen and oxygen atoms in total. The van der Waals surface area contributed by atoms with Gasteiger partial charge in [0.05, 0.1) is 19.6 Å². The van der Waals surface area contributed by atoms with E-state index in [0.29, 0.717) is 13.1 Å². The molecular formula is C14H23NO4. The fourth-order valence-electron chi connectivity index (χ4n) is 2.10. The molecular weight excluding hydrogens is 246 g/mol. The van der Waals surface area contributed by atoms with Crippen molar-refractivity contribution in [1.82, 2.24) is 4.90 Å². The van der Waals surface area contributed by atoms with Gasteiger partial charge in [0.1, 0.15) is 0 Å². The predicted octanol–water partition coefficient (Wildman–Crippen LogP) is 0.971. The molecule has 0 aliphatic carbocycles. The van der Waals surface area contributed by atoms with E-state index in [-0.39, 0.29) is 36.6 Å². The van der Waals surface area contributed by atoms with Gasteiger partial charge < -0.3 is 14.7 Å². The Morgan fingerprint density at radius 1 is 1.37 bits per heavy atom. The molecule has 0 saturated carbocycles. The number of hydrogen-bond donors (Lipinski definition) is 1. The quantitative estimate of drug-likeness (QED) is 0.612. The second-order valence-corrected chi connectivity index (χ2v) is 5.13. The zero-order valence-corrected chi connectivity index (χ0v) is 11.8. The molecule has 19 heavy (non-hydrogen) atoms. The van der Waals surface area contributed by atoms with Gasteiger partial charge >= 0.3 is 5.97 Å². The Morgan fingerprint density at radius 2 is 2.05 bits per heavy atom. The summed E-state index contributed by atoms with van der Waals surface area (Å²) in [5.74, 6) is -0.104. The van der Waals surface area contributed by atoms with Crippen LogP contribution in [0.1, 0.15) is 26.7 Å². The number of amides is 1. The first-order valence-corrected chi connectivity index (χ1v) is 6.65. The van der Waals surface area contributed by atoms with E-state index in [2.05, 4.69) is 4.74 Å². The largest absolute Gasteiger partial charge is 0.469 e. The van der Waals surface area contributed by atoms with Crippen LogP contribution in [0.3, 0.4) is 0 Å². The Hall–Kier alpha value is -1.36. The highest BCUT2D eigenvalue weighted by Crippen LogP contribution is 2.20. The van der Waals surface area contributed by atoms with E-state index in [1.54, 1.807) is 11.0 Å². The third-order valence-electron chi connectivity index (χ3n) is 3.73. The molecule has 108 valence electrons. The van der Waals surface area contributed by atoms with Crippen molar-refractivity contribution in [2.24, 2.45) is 11.8 Å². The molecule has 1 heterocycles. The maximum Gasteiger partial charge on any atom is 0.306 e. The minimum absolute atomic E-state index is 0.0505. The van der Waals surface area contributed by atoms with E-state index in [0.717, 1.165) is 0 Å². The number of carbonyl (C=O) groups excluding carboxylic acids is 2. The van der Waals surface area contributed by atoms with Gasteiger partial charge in [-0.15, -0.1) is 0 Å². The Kier molecular flexibility index (Phi) is 6.02. The molecule has 5 heteroatoms. The van der Waals surface area contributed by atoms with Crippen molar-refractivity contribution in [2.75, 3.05) is 20.2 Å². The van der Waals surface area contributed by atoms with Gasteiger partial charge in [-0.2, -0.15) is 0 Å². The number of rotatable bonds is 3. The van der Waals surface area contributed by atoms with Crippen LogP contribution in [0.5, 0.6) is 0 Å². The van der Waals surface area contributed by atoms with Gasteiger partial charge in [-0.1, -0.05) is 26.0 Å². The van der Waals surface area contributed by atoms with E-state index in [9.17, 15) is 14.7 Å². The first-order valence-electron chi connectivity index (χ1n) is 6.65. The number of aliphatic hydroxyl groups is 1. The van der Waals surface area contributed by atoms with Crippen LogP contribution in [-0.2, 0) is 14.3 Å². The second-order valence-electron chi connectivity index (χ2n) is 5.13. The minimum Gasteiger partial charge on any atom is -0.469 e. The lowest BCUT2D eigenvalue weighted by molar-refractivity contribution is -0.143. The topological polar surface area (TPSA) is 66.8 Å². The number of hydrogen-bond acceptors (Lipinski definition) is 4. The van der Waals surface area contributed by atoms with Crippen LogP contribution < -0.4 is 0 Å². The molecule has 0 aromatic carbocycles. The molecule has 0 aromatic heterocycles. The van der Waals surface area contributed by atoms with Crippen molar-refractivity contribution >= 4 is 11.9 Å². The average molecular weight is 269 g/mol. The summed E-state index contributed by atoms with van der Waals surface area (Å²) in [6, 6.07) is 0. The molecule has 0 saturated heterocycles. The minimum atomic E-state index is -0.456. The molecule has 0 spiro atoms. The molecule has 1 amide bonds. The molecule has 3 atom stereocenters. The van der Waals surface area contributed by atoms with Gasteiger partial charge in [-0.05, 0) is 11.8 Å². The van der Waals surface area contributed by atoms with Crippen LogP contribution in [-0.4, -0.2) is 48.2 Å². The van der Waals surface area contributed by atoms with Gasteiger partial charge in [-0.3, -0.25) is 9.59 Å². The Labute approximate surface area is 114 Å². The molecule has 0 radical (unpaired) electrons. The summed E-state index contributed by atoms with van der Waals surface area (Å²) in [5, 5.41) is 9.83. The summed E-state index contributed by atoms with van der Waals surface area (Å²) in [6.45, 7) is 5.08. The van der Waals surface area contributed by atoms with Crippen molar-refractivity contribution in [2.45, 2.75) is 32.8 Å². The maximum atomic E-state index is 12.0. The van der Waals surface area contributed by atoms with Gasteiger partial charge in [0.25, 0.3) is 0 Å². The Balaban J connectivity index is 2.59. The number of aliphatic hydroxyl groups excluding tert-OH is 1. The van der Waals surface area contributed by atoms with Crippen molar-refractivity contribution < 1.29 is 19.4 Å². The number of esters is 1. The van der Waals surface area contributed by atoms with E-state index >= 15 is 0 Å². The summed E-state index contributed by atoms with van der Waals surface area (Å²) in [7, 11) is 1.32. The zero-order chi connectivity index (χ0) is 14.4. The third-order valence-corrected chi connectivity index (χ3v) is 3.73. The highest BCUT2D eigenvalue weighted by atomic mass is 16.5. The zero-order valence-electron chi connectivity index (χ0n) is 11.8. The first kappa shape index (κ1) is 15.7. The lowest BCUT2D eigenvalue weighted by atomic mass is 9.89. The molecule has 0 aromatic rings. The first-order chi connectivity index (χ1) is 8.95. The SMILES string of the molecule is COC(=O)CCC(=O)N1C/C=C\[C@@H](O)[C@H](C)[C@@H](C)C1. The summed E-state index contributed by atoms with van der Waals surface area (Å²) < 4.78 is 4.53. The Morgan fingerprint density at radius 3 is 2.68 bits per heavy atom. The van der Waals surface area contributed by atoms with E-state index in [4.69, 9.17) is 0 Å². The second kappa shape index (κ2) is 7.28. The van der Waals surface area contributed by atoms with Crippen molar-refractivity contribution in [3.05, 3.63) is 12.2 Å². The smallest absolute Gasteiger partial charge is 0.306 e. The van der Waals surface area contributed by atoms with Crippen LogP contribution in [0.2, 0.25) is 0 Å². The Bertz CT molecular complexity index is 353. The van der Waals surface area contributed by atoms with Crippen LogP contribution in [0, 0.1) is 11.8 Å². The number of ether oxygens (including phenoxy) is 1.